The highest BCUT2D eigenvalue weighted by molar-refractivity contribution is 8.14. The maximum absolute atomic E-state index is 12.4. The van der Waals surface area contributed by atoms with Crippen LogP contribution in [0.15, 0.2) is 41.4 Å². The third-order valence-corrected chi connectivity index (χ3v) is 6.60. The van der Waals surface area contributed by atoms with Gasteiger partial charge in [0.05, 0.1) is 22.8 Å². The van der Waals surface area contributed by atoms with Crippen molar-refractivity contribution in [3.8, 4) is 0 Å². The number of hydrogen-bond acceptors (Lipinski definition) is 6. The van der Waals surface area contributed by atoms with Crippen molar-refractivity contribution in [2.24, 2.45) is 4.99 Å². The number of carbonyl (C=O) groups is 2. The normalized spacial score (nSPS) is 25.3. The molecule has 0 saturated carbocycles. The second kappa shape index (κ2) is 8.84. The van der Waals surface area contributed by atoms with E-state index in [0.29, 0.717) is 19.4 Å². The van der Waals surface area contributed by atoms with Crippen LogP contribution in [0.25, 0.3) is 0 Å². The molecular weight excluding hydrogens is 400 g/mol. The first kappa shape index (κ1) is 22.4. The number of allylic oxidation sites excluding steroid dienone is 1. The van der Waals surface area contributed by atoms with Crippen LogP contribution >= 0.6 is 11.8 Å². The fraction of sp³-hybridized carbons (Fsp3) is 0.522. The Morgan fingerprint density at radius 2 is 2.07 bits per heavy atom. The largest absolute Gasteiger partial charge is 0.463 e. The molecular formula is C23H30N2O4S. The van der Waals surface area contributed by atoms with Crippen molar-refractivity contribution in [3.05, 3.63) is 42.0 Å². The summed E-state index contributed by atoms with van der Waals surface area (Å²) in [6.07, 6.45) is 4.22. The quantitative estimate of drug-likeness (QED) is 0.531. The summed E-state index contributed by atoms with van der Waals surface area (Å²) < 4.78 is 10.5. The minimum absolute atomic E-state index is 0.0917. The first-order valence-corrected chi connectivity index (χ1v) is 11.2. The summed E-state index contributed by atoms with van der Waals surface area (Å²) in [7, 11) is 0. The van der Waals surface area contributed by atoms with E-state index in [-0.39, 0.29) is 22.7 Å². The van der Waals surface area contributed by atoms with E-state index < -0.39 is 11.7 Å². The van der Waals surface area contributed by atoms with Crippen LogP contribution in [0.3, 0.4) is 0 Å². The summed E-state index contributed by atoms with van der Waals surface area (Å²) in [6.45, 7) is 9.78. The molecule has 0 aliphatic carbocycles. The highest BCUT2D eigenvalue weighted by Crippen LogP contribution is 2.53. The predicted octanol–water partition coefficient (Wildman–Crippen LogP) is 4.90. The van der Waals surface area contributed by atoms with Gasteiger partial charge in [0.15, 0.2) is 0 Å². The number of thioether (sulfide) groups is 1. The number of ether oxygens (including phenoxy) is 2. The molecule has 1 aromatic carbocycles. The number of carbonyl (C=O) groups excluding carboxylic acids is 2. The summed E-state index contributed by atoms with van der Waals surface area (Å²) in [5, 5.41) is 4.24. The molecule has 1 fully saturated rings. The number of fused-ring (bicyclic) bond motifs is 3. The molecule has 1 amide bonds. The number of benzene rings is 1. The van der Waals surface area contributed by atoms with Crippen molar-refractivity contribution in [1.29, 1.82) is 0 Å². The van der Waals surface area contributed by atoms with Gasteiger partial charge in [-0.2, -0.15) is 0 Å². The predicted molar refractivity (Wildman–Crippen MR) is 120 cm³/mol. The second-order valence-electron chi connectivity index (χ2n) is 8.65. The van der Waals surface area contributed by atoms with E-state index in [1.165, 1.54) is 6.08 Å². The first-order valence-electron chi connectivity index (χ1n) is 10.3. The Kier molecular flexibility index (Phi) is 6.60. The van der Waals surface area contributed by atoms with Gasteiger partial charge in [-0.1, -0.05) is 31.2 Å². The van der Waals surface area contributed by atoms with Crippen molar-refractivity contribution in [3.63, 3.8) is 0 Å². The molecule has 0 radical (unpaired) electrons. The Hall–Kier alpha value is -2.28. The lowest BCUT2D eigenvalue weighted by atomic mass is 9.73. The zero-order valence-electron chi connectivity index (χ0n) is 18.2. The number of esters is 1. The van der Waals surface area contributed by atoms with Crippen LogP contribution in [-0.2, 0) is 19.7 Å². The molecule has 7 heteroatoms. The number of para-hydroxylation sites is 1. The molecule has 0 unspecified atom stereocenters. The van der Waals surface area contributed by atoms with Crippen LogP contribution in [0.4, 0.5) is 10.5 Å². The van der Waals surface area contributed by atoms with Gasteiger partial charge in [-0.3, -0.25) is 0 Å². The van der Waals surface area contributed by atoms with Gasteiger partial charge in [0.25, 0.3) is 0 Å². The summed E-state index contributed by atoms with van der Waals surface area (Å²) in [5.41, 5.74) is 1.15. The van der Waals surface area contributed by atoms with Crippen molar-refractivity contribution in [2.45, 2.75) is 69.8 Å². The first-order chi connectivity index (χ1) is 14.1. The van der Waals surface area contributed by atoms with E-state index in [2.05, 4.69) is 18.3 Å². The molecule has 1 aromatic rings. The van der Waals surface area contributed by atoms with Crippen LogP contribution in [0, 0.1) is 0 Å². The lowest BCUT2D eigenvalue weighted by Crippen LogP contribution is -2.52. The smallest absolute Gasteiger partial charge is 0.407 e. The number of alkyl carbamates (subject to hydrolysis) is 1. The monoisotopic (exact) mass is 430 g/mol. The van der Waals surface area contributed by atoms with E-state index in [1.807, 2.05) is 45.0 Å². The summed E-state index contributed by atoms with van der Waals surface area (Å²) in [6, 6.07) is 8.00. The van der Waals surface area contributed by atoms with Crippen molar-refractivity contribution < 1.29 is 19.1 Å². The highest BCUT2D eigenvalue weighted by Gasteiger charge is 2.50. The number of aliphatic imine (C=N–C) groups is 1. The summed E-state index contributed by atoms with van der Waals surface area (Å²) in [4.78, 5) is 29.1. The average Bonchev–Trinajstić information content (AvgIpc) is 2.94. The molecule has 6 nitrogen and oxygen atoms in total. The molecule has 2 aliphatic rings. The topological polar surface area (TPSA) is 77.0 Å². The maximum atomic E-state index is 12.4. The number of hydrogen-bond donors (Lipinski definition) is 1. The Bertz CT molecular complexity index is 874. The minimum Gasteiger partial charge on any atom is -0.463 e. The highest BCUT2D eigenvalue weighted by atomic mass is 32.2. The van der Waals surface area contributed by atoms with Gasteiger partial charge in [-0.25, -0.2) is 14.6 Å². The molecule has 0 aromatic heterocycles. The van der Waals surface area contributed by atoms with Crippen molar-refractivity contribution >= 4 is 34.6 Å². The molecule has 0 spiro atoms. The number of amides is 1. The number of nitrogens with zero attached hydrogens (tertiary/aromatic N) is 1. The van der Waals surface area contributed by atoms with E-state index in [9.17, 15) is 9.59 Å². The minimum atomic E-state index is -0.554. The third kappa shape index (κ3) is 4.89. The third-order valence-electron chi connectivity index (χ3n) is 5.19. The van der Waals surface area contributed by atoms with E-state index in [1.54, 1.807) is 18.7 Å². The fourth-order valence-corrected chi connectivity index (χ4v) is 5.23. The van der Waals surface area contributed by atoms with Crippen LogP contribution in [0.2, 0.25) is 0 Å². The molecule has 3 rings (SSSR count). The average molecular weight is 431 g/mol. The zero-order chi connectivity index (χ0) is 21.9. The molecule has 30 heavy (non-hydrogen) atoms. The van der Waals surface area contributed by atoms with Gasteiger partial charge in [0.2, 0.25) is 0 Å². The van der Waals surface area contributed by atoms with Crippen LogP contribution in [0.5, 0.6) is 0 Å². The number of rotatable bonds is 5. The fourth-order valence-electron chi connectivity index (χ4n) is 3.90. The Labute approximate surface area is 182 Å². The van der Waals surface area contributed by atoms with Crippen LogP contribution in [0.1, 0.15) is 53.0 Å². The Morgan fingerprint density at radius 1 is 1.33 bits per heavy atom. The molecule has 3 atom stereocenters. The van der Waals surface area contributed by atoms with Gasteiger partial charge < -0.3 is 14.8 Å². The Balaban J connectivity index is 1.87. The SMILES string of the molecule is CCOC(=O)/C=C/C[C@]12C[C@H](NC(=O)OC(C)(C)C)[C@@H](C)SC1=Nc1ccccc12. The number of nitrogens with one attached hydrogen (secondary N) is 1. The lowest BCUT2D eigenvalue weighted by Gasteiger charge is -2.42. The van der Waals surface area contributed by atoms with Gasteiger partial charge in [0, 0.05) is 17.4 Å². The van der Waals surface area contributed by atoms with Crippen molar-refractivity contribution in [1.82, 2.24) is 5.32 Å². The Morgan fingerprint density at radius 3 is 2.77 bits per heavy atom. The van der Waals surface area contributed by atoms with Gasteiger partial charge in [0.1, 0.15) is 5.60 Å². The zero-order valence-corrected chi connectivity index (χ0v) is 19.0. The molecule has 1 N–H and O–H groups in total. The van der Waals surface area contributed by atoms with E-state index >= 15 is 0 Å². The van der Waals surface area contributed by atoms with Gasteiger partial charge >= 0.3 is 12.1 Å². The van der Waals surface area contributed by atoms with E-state index in [4.69, 9.17) is 14.5 Å². The molecule has 162 valence electrons. The van der Waals surface area contributed by atoms with Crippen LogP contribution in [-0.4, -0.2) is 40.6 Å². The van der Waals surface area contributed by atoms with Gasteiger partial charge in [-0.15, -0.1) is 11.8 Å². The van der Waals surface area contributed by atoms with E-state index in [0.717, 1.165) is 16.3 Å². The standard InChI is InChI=1S/C23H30N2O4S/c1-6-28-19(26)12-9-13-23-14-18(25-21(27)29-22(3,4)5)15(2)30-20(23)24-17-11-8-7-10-16(17)23/h7-12,15,18H,6,13-14H2,1-5H3,(H,25,27)/b12-9+/t15-,18+,23-/m1/s1. The molecule has 2 heterocycles. The van der Waals surface area contributed by atoms with Crippen LogP contribution < -0.4 is 5.32 Å². The van der Waals surface area contributed by atoms with Crippen molar-refractivity contribution in [2.75, 3.05) is 6.61 Å². The molecule has 2 aliphatic heterocycles. The molecule has 0 bridgehead atoms. The summed E-state index contributed by atoms with van der Waals surface area (Å²) in [5.74, 6) is -0.348. The maximum Gasteiger partial charge on any atom is 0.407 e. The molecule has 1 saturated heterocycles. The second-order valence-corrected chi connectivity index (χ2v) is 10.0. The van der Waals surface area contributed by atoms with Gasteiger partial charge in [-0.05, 0) is 52.2 Å². The lowest BCUT2D eigenvalue weighted by molar-refractivity contribution is -0.137. The summed E-state index contributed by atoms with van der Waals surface area (Å²) >= 11 is 1.68.